The molecule has 0 radical (unpaired) electrons. The predicted molar refractivity (Wildman–Crippen MR) is 72.2 cm³/mol. The lowest BCUT2D eigenvalue weighted by Gasteiger charge is -2.10. The summed E-state index contributed by atoms with van der Waals surface area (Å²) in [5.74, 6) is -0.0745. The average molecular weight is 361 g/mol. The van der Waals surface area contributed by atoms with Crippen LogP contribution in [0, 0.1) is 3.57 Å². The Morgan fingerprint density at radius 3 is 2.78 bits per heavy atom. The molecule has 1 atom stereocenters. The van der Waals surface area contributed by atoms with Crippen molar-refractivity contribution >= 4 is 34.5 Å². The number of carbonyl (C=O) groups excluding carboxylic acids is 2. The lowest BCUT2D eigenvalue weighted by atomic mass is 10.2. The zero-order chi connectivity index (χ0) is 13.0. The van der Waals surface area contributed by atoms with Crippen LogP contribution in [0.1, 0.15) is 6.42 Å². The lowest BCUT2D eigenvalue weighted by molar-refractivity contribution is -0.141. The number of amides is 1. The Morgan fingerprint density at radius 2 is 2.17 bits per heavy atom. The molecule has 1 saturated heterocycles. The summed E-state index contributed by atoms with van der Waals surface area (Å²) in [5.41, 5.74) is 0. The molecule has 1 aliphatic rings. The molecule has 96 valence electrons. The predicted octanol–water partition coefficient (Wildman–Crippen LogP) is 1.10. The molecule has 1 heterocycles. The molecule has 1 aliphatic heterocycles. The second-order valence-corrected chi connectivity index (χ2v) is 5.06. The highest BCUT2D eigenvalue weighted by Gasteiger charge is 2.27. The summed E-state index contributed by atoms with van der Waals surface area (Å²) in [5, 5.41) is 2.57. The van der Waals surface area contributed by atoms with Gasteiger partial charge in [0.05, 0.1) is 6.61 Å². The minimum absolute atomic E-state index is 0.107. The maximum absolute atomic E-state index is 11.5. The van der Waals surface area contributed by atoms with Gasteiger partial charge >= 0.3 is 5.97 Å². The van der Waals surface area contributed by atoms with E-state index in [-0.39, 0.29) is 18.5 Å². The molecule has 6 heteroatoms. The largest absolute Gasteiger partial charge is 0.484 e. The number of carbonyl (C=O) groups is 2. The topological polar surface area (TPSA) is 64.6 Å². The van der Waals surface area contributed by atoms with Crippen molar-refractivity contribution in [1.29, 1.82) is 0 Å². The zero-order valence-electron chi connectivity index (χ0n) is 9.52. The van der Waals surface area contributed by atoms with E-state index >= 15 is 0 Å². The van der Waals surface area contributed by atoms with Crippen LogP contribution in [0.5, 0.6) is 5.75 Å². The van der Waals surface area contributed by atoms with Crippen LogP contribution in [0.25, 0.3) is 0 Å². The number of nitrogens with one attached hydrogen (secondary N) is 1. The number of rotatable bonds is 4. The number of hydrogen-bond acceptors (Lipinski definition) is 4. The van der Waals surface area contributed by atoms with Crippen molar-refractivity contribution in [3.63, 3.8) is 0 Å². The Labute approximate surface area is 118 Å². The zero-order valence-corrected chi connectivity index (χ0v) is 11.7. The fourth-order valence-electron chi connectivity index (χ4n) is 1.54. The molecule has 0 saturated carbocycles. The Hall–Kier alpha value is -1.31. The van der Waals surface area contributed by atoms with Gasteiger partial charge in [-0.3, -0.25) is 4.79 Å². The third-order valence-corrected chi connectivity index (χ3v) is 3.17. The van der Waals surface area contributed by atoms with Crippen molar-refractivity contribution in [2.75, 3.05) is 13.2 Å². The van der Waals surface area contributed by atoms with Gasteiger partial charge in [-0.05, 0) is 46.9 Å². The van der Waals surface area contributed by atoms with E-state index in [4.69, 9.17) is 9.47 Å². The summed E-state index contributed by atoms with van der Waals surface area (Å²) in [6.07, 6.45) is 0.522. The molecule has 1 unspecified atom stereocenters. The fraction of sp³-hybridized carbons (Fsp3) is 0.333. The van der Waals surface area contributed by atoms with Crippen molar-refractivity contribution < 1.29 is 19.1 Å². The van der Waals surface area contributed by atoms with Crippen LogP contribution in [-0.2, 0) is 14.3 Å². The first-order chi connectivity index (χ1) is 8.65. The number of esters is 1. The third-order valence-electron chi connectivity index (χ3n) is 2.45. The molecular formula is C12H12INO4. The van der Waals surface area contributed by atoms with Gasteiger partial charge in [-0.1, -0.05) is 0 Å². The molecule has 0 spiro atoms. The van der Waals surface area contributed by atoms with Gasteiger partial charge in [0.25, 0.3) is 5.91 Å². The van der Waals surface area contributed by atoms with E-state index in [0.29, 0.717) is 18.8 Å². The Kier molecular flexibility index (Phi) is 4.40. The summed E-state index contributed by atoms with van der Waals surface area (Å²) in [4.78, 5) is 22.7. The standard InChI is InChI=1S/C12H12INO4/c13-8-1-3-9(4-2-8)18-7-11(15)14-10-5-6-17-12(10)16/h1-4,10H,5-7H2,(H,14,15). The van der Waals surface area contributed by atoms with Crippen LogP contribution < -0.4 is 10.1 Å². The minimum Gasteiger partial charge on any atom is -0.484 e. The highest BCUT2D eigenvalue weighted by Crippen LogP contribution is 2.13. The molecule has 2 rings (SSSR count). The molecule has 0 bridgehead atoms. The number of ether oxygens (including phenoxy) is 2. The first-order valence-corrected chi connectivity index (χ1v) is 6.57. The van der Waals surface area contributed by atoms with Gasteiger partial charge in [0.15, 0.2) is 6.61 Å². The summed E-state index contributed by atoms with van der Waals surface area (Å²) < 4.78 is 11.1. The second-order valence-electron chi connectivity index (χ2n) is 3.82. The highest BCUT2D eigenvalue weighted by atomic mass is 127. The van der Waals surface area contributed by atoms with Crippen LogP contribution in [-0.4, -0.2) is 31.1 Å². The van der Waals surface area contributed by atoms with Crippen LogP contribution in [0.3, 0.4) is 0 Å². The quantitative estimate of drug-likeness (QED) is 0.645. The maximum Gasteiger partial charge on any atom is 0.328 e. The monoisotopic (exact) mass is 361 g/mol. The average Bonchev–Trinajstić information content (AvgIpc) is 2.74. The van der Waals surface area contributed by atoms with Gasteiger partial charge in [-0.15, -0.1) is 0 Å². The van der Waals surface area contributed by atoms with Gasteiger partial charge in [0, 0.05) is 9.99 Å². The van der Waals surface area contributed by atoms with Gasteiger partial charge < -0.3 is 14.8 Å². The van der Waals surface area contributed by atoms with E-state index in [1.54, 1.807) is 12.1 Å². The SMILES string of the molecule is O=C(COc1ccc(I)cc1)NC1CCOC1=O. The minimum atomic E-state index is -0.530. The summed E-state index contributed by atoms with van der Waals surface area (Å²) in [7, 11) is 0. The number of halogens is 1. The lowest BCUT2D eigenvalue weighted by Crippen LogP contribution is -2.40. The third kappa shape index (κ3) is 3.59. The molecule has 0 aromatic heterocycles. The van der Waals surface area contributed by atoms with Crippen LogP contribution in [0.15, 0.2) is 24.3 Å². The Morgan fingerprint density at radius 1 is 1.44 bits per heavy atom. The van der Waals surface area contributed by atoms with Crippen molar-refractivity contribution in [3.8, 4) is 5.75 Å². The normalized spacial score (nSPS) is 18.3. The van der Waals surface area contributed by atoms with Crippen molar-refractivity contribution in [2.45, 2.75) is 12.5 Å². The van der Waals surface area contributed by atoms with E-state index in [1.807, 2.05) is 12.1 Å². The molecule has 1 amide bonds. The maximum atomic E-state index is 11.5. The smallest absolute Gasteiger partial charge is 0.328 e. The van der Waals surface area contributed by atoms with Crippen LogP contribution in [0.2, 0.25) is 0 Å². The molecule has 1 fully saturated rings. The van der Waals surface area contributed by atoms with E-state index in [9.17, 15) is 9.59 Å². The first-order valence-electron chi connectivity index (χ1n) is 5.49. The first kappa shape index (κ1) is 13.1. The molecule has 5 nitrogen and oxygen atoms in total. The van der Waals surface area contributed by atoms with Gasteiger partial charge in [0.2, 0.25) is 0 Å². The number of hydrogen-bond donors (Lipinski definition) is 1. The summed E-state index contributed by atoms with van der Waals surface area (Å²) >= 11 is 2.19. The van der Waals surface area contributed by atoms with Crippen LogP contribution >= 0.6 is 22.6 Å². The second kappa shape index (κ2) is 6.03. The van der Waals surface area contributed by atoms with E-state index in [1.165, 1.54) is 0 Å². The van der Waals surface area contributed by atoms with E-state index in [2.05, 4.69) is 27.9 Å². The highest BCUT2D eigenvalue weighted by molar-refractivity contribution is 14.1. The van der Waals surface area contributed by atoms with E-state index in [0.717, 1.165) is 3.57 Å². The molecule has 1 aromatic rings. The summed E-state index contributed by atoms with van der Waals surface area (Å²) in [6, 6.07) is 6.83. The fourth-order valence-corrected chi connectivity index (χ4v) is 1.90. The van der Waals surface area contributed by atoms with Crippen molar-refractivity contribution in [2.24, 2.45) is 0 Å². The van der Waals surface area contributed by atoms with Gasteiger partial charge in [-0.25, -0.2) is 4.79 Å². The molecule has 0 aliphatic carbocycles. The van der Waals surface area contributed by atoms with Crippen LogP contribution in [0.4, 0.5) is 0 Å². The number of cyclic esters (lactones) is 1. The van der Waals surface area contributed by atoms with Crippen molar-refractivity contribution in [3.05, 3.63) is 27.8 Å². The molecular weight excluding hydrogens is 349 g/mol. The Balaban J connectivity index is 1.78. The van der Waals surface area contributed by atoms with E-state index < -0.39 is 6.04 Å². The summed E-state index contributed by atoms with van der Waals surface area (Å²) in [6.45, 7) is 0.256. The van der Waals surface area contributed by atoms with Crippen molar-refractivity contribution in [1.82, 2.24) is 5.32 Å². The van der Waals surface area contributed by atoms with Gasteiger partial charge in [0.1, 0.15) is 11.8 Å². The molecule has 18 heavy (non-hydrogen) atoms. The molecule has 1 N–H and O–H groups in total. The number of benzene rings is 1. The molecule has 1 aromatic carbocycles. The van der Waals surface area contributed by atoms with Gasteiger partial charge in [-0.2, -0.15) is 0 Å². The Bertz CT molecular complexity index is 446.